The second kappa shape index (κ2) is 6.95. The lowest BCUT2D eigenvalue weighted by atomic mass is 10.1. The highest BCUT2D eigenvalue weighted by molar-refractivity contribution is 7.48. The molecule has 0 aliphatic rings. The van der Waals surface area contributed by atoms with E-state index in [1.807, 2.05) is 39.8 Å². The van der Waals surface area contributed by atoms with E-state index in [4.69, 9.17) is 9.05 Å². The minimum atomic E-state index is -4.22. The van der Waals surface area contributed by atoms with Crippen molar-refractivity contribution in [1.29, 1.82) is 0 Å². The Kier molecular flexibility index (Phi) is 5.75. The monoisotopic (exact) mass is 326 g/mol. The molecule has 0 fully saturated rings. The molecule has 2 aromatic carbocycles. The van der Waals surface area contributed by atoms with Gasteiger partial charge in [-0.05, 0) is 74.2 Å². The SMILES string of the molecule is Cc1cc(C)cc(OP(=O)(O)Oc2cc(C)cc(C)c2)c1.F. The van der Waals surface area contributed by atoms with Crippen molar-refractivity contribution in [3.05, 3.63) is 58.7 Å². The molecule has 120 valence electrons. The maximum absolute atomic E-state index is 12.1. The van der Waals surface area contributed by atoms with Crippen molar-refractivity contribution in [3.63, 3.8) is 0 Å². The Hall–Kier alpha value is -1.84. The number of halogens is 1. The maximum atomic E-state index is 12.1. The van der Waals surface area contributed by atoms with Gasteiger partial charge >= 0.3 is 7.82 Å². The number of hydrogen-bond acceptors (Lipinski definition) is 3. The molecule has 4 nitrogen and oxygen atoms in total. The van der Waals surface area contributed by atoms with Crippen LogP contribution in [0.25, 0.3) is 0 Å². The van der Waals surface area contributed by atoms with E-state index in [0.717, 1.165) is 22.3 Å². The fourth-order valence-electron chi connectivity index (χ4n) is 2.26. The van der Waals surface area contributed by atoms with E-state index in [0.29, 0.717) is 11.5 Å². The molecule has 22 heavy (non-hydrogen) atoms. The van der Waals surface area contributed by atoms with Crippen LogP contribution in [0.15, 0.2) is 36.4 Å². The van der Waals surface area contributed by atoms with Crippen molar-refractivity contribution in [3.8, 4) is 11.5 Å². The highest BCUT2D eigenvalue weighted by Gasteiger charge is 2.25. The number of rotatable bonds is 4. The van der Waals surface area contributed by atoms with Crippen molar-refractivity contribution < 1.29 is 23.2 Å². The number of phosphoric ester groups is 1. The average molecular weight is 326 g/mol. The zero-order valence-corrected chi connectivity index (χ0v) is 13.9. The molecule has 0 heterocycles. The first-order chi connectivity index (χ1) is 9.73. The third-order valence-corrected chi connectivity index (χ3v) is 3.72. The van der Waals surface area contributed by atoms with Crippen LogP contribution in [0.2, 0.25) is 0 Å². The van der Waals surface area contributed by atoms with Gasteiger partial charge in [-0.25, -0.2) is 4.57 Å². The fourth-order valence-corrected chi connectivity index (χ4v) is 3.04. The van der Waals surface area contributed by atoms with E-state index in [9.17, 15) is 9.46 Å². The number of hydrogen-bond donors (Lipinski definition) is 1. The predicted molar refractivity (Wildman–Crippen MR) is 85.4 cm³/mol. The van der Waals surface area contributed by atoms with Crippen molar-refractivity contribution >= 4 is 7.82 Å². The molecule has 1 N–H and O–H groups in total. The first-order valence-electron chi connectivity index (χ1n) is 6.62. The Morgan fingerprint density at radius 2 is 1.00 bits per heavy atom. The van der Waals surface area contributed by atoms with Crippen LogP contribution in [0.5, 0.6) is 11.5 Å². The number of benzene rings is 2. The van der Waals surface area contributed by atoms with E-state index in [-0.39, 0.29) is 4.70 Å². The van der Waals surface area contributed by atoms with Gasteiger partial charge in [-0.3, -0.25) is 9.60 Å². The van der Waals surface area contributed by atoms with Crippen LogP contribution < -0.4 is 9.05 Å². The quantitative estimate of drug-likeness (QED) is 0.832. The molecule has 0 aromatic heterocycles. The standard InChI is InChI=1S/C16H19O4P.FH/c1-11-5-12(2)8-15(7-11)19-21(17,18)20-16-9-13(3)6-14(4)10-16;/h5-10H,1-4H3,(H,17,18);1H. The molecule has 0 bridgehead atoms. The minimum Gasteiger partial charge on any atom is -0.395 e. The largest absolute Gasteiger partial charge is 0.584 e. The normalized spacial score (nSPS) is 10.8. The topological polar surface area (TPSA) is 55.8 Å². The Morgan fingerprint density at radius 1 is 0.727 bits per heavy atom. The van der Waals surface area contributed by atoms with Gasteiger partial charge in [0.2, 0.25) is 0 Å². The summed E-state index contributed by atoms with van der Waals surface area (Å²) in [6.45, 7) is 7.58. The van der Waals surface area contributed by atoms with Crippen molar-refractivity contribution in [2.75, 3.05) is 0 Å². The molecule has 0 saturated carbocycles. The van der Waals surface area contributed by atoms with Gasteiger partial charge in [0.1, 0.15) is 11.5 Å². The molecule has 0 aliphatic heterocycles. The zero-order valence-electron chi connectivity index (χ0n) is 13.0. The maximum Gasteiger partial charge on any atom is 0.584 e. The second-order valence-electron chi connectivity index (χ2n) is 5.30. The van der Waals surface area contributed by atoms with Crippen LogP contribution in [-0.2, 0) is 4.57 Å². The molecule has 2 rings (SSSR count). The summed E-state index contributed by atoms with van der Waals surface area (Å²) in [5.41, 5.74) is 3.82. The molecule has 0 atom stereocenters. The van der Waals surface area contributed by atoms with Crippen LogP contribution in [0, 0.1) is 27.7 Å². The number of phosphoric acid groups is 1. The van der Waals surface area contributed by atoms with Crippen LogP contribution >= 0.6 is 7.82 Å². The summed E-state index contributed by atoms with van der Waals surface area (Å²) in [6, 6.07) is 10.7. The Labute approximate surface area is 129 Å². The molecule has 0 unspecified atom stereocenters. The molecule has 0 saturated heterocycles. The van der Waals surface area contributed by atoms with Crippen LogP contribution in [0.4, 0.5) is 4.70 Å². The van der Waals surface area contributed by atoms with Crippen molar-refractivity contribution in [2.24, 2.45) is 0 Å². The molecule has 2 aromatic rings. The molecular formula is C16H20FO4P. The summed E-state index contributed by atoms with van der Waals surface area (Å²) in [4.78, 5) is 9.90. The van der Waals surface area contributed by atoms with E-state index >= 15 is 0 Å². The first-order valence-corrected chi connectivity index (χ1v) is 8.12. The minimum absolute atomic E-state index is 0. The first kappa shape index (κ1) is 18.2. The van der Waals surface area contributed by atoms with E-state index in [1.54, 1.807) is 24.3 Å². The predicted octanol–water partition coefficient (Wildman–Crippen LogP) is 4.63. The fraction of sp³-hybridized carbons (Fsp3) is 0.250. The molecule has 6 heteroatoms. The Bertz CT molecular complexity index is 617. The summed E-state index contributed by atoms with van der Waals surface area (Å²) in [6.07, 6.45) is 0. The summed E-state index contributed by atoms with van der Waals surface area (Å²) in [5.74, 6) is 0.644. The van der Waals surface area contributed by atoms with Gasteiger partial charge in [0.05, 0.1) is 0 Å². The Morgan fingerprint density at radius 3 is 1.27 bits per heavy atom. The lowest BCUT2D eigenvalue weighted by molar-refractivity contribution is 0.291. The molecule has 0 radical (unpaired) electrons. The molecule has 0 aliphatic carbocycles. The van der Waals surface area contributed by atoms with E-state index < -0.39 is 7.82 Å². The summed E-state index contributed by atoms with van der Waals surface area (Å²) in [7, 11) is -4.22. The number of aryl methyl sites for hydroxylation is 4. The lowest BCUT2D eigenvalue weighted by Crippen LogP contribution is -2.00. The van der Waals surface area contributed by atoms with Crippen LogP contribution in [-0.4, -0.2) is 4.89 Å². The summed E-state index contributed by atoms with van der Waals surface area (Å²) < 4.78 is 22.4. The van der Waals surface area contributed by atoms with Gasteiger partial charge in [0.25, 0.3) is 0 Å². The second-order valence-corrected chi connectivity index (χ2v) is 6.60. The average Bonchev–Trinajstić information content (AvgIpc) is 2.23. The van der Waals surface area contributed by atoms with Crippen LogP contribution in [0.1, 0.15) is 22.3 Å². The van der Waals surface area contributed by atoms with Crippen molar-refractivity contribution in [2.45, 2.75) is 27.7 Å². The van der Waals surface area contributed by atoms with Crippen LogP contribution in [0.3, 0.4) is 0 Å². The third kappa shape index (κ3) is 5.17. The Balaban J connectivity index is 0.00000242. The molecular weight excluding hydrogens is 306 g/mol. The zero-order chi connectivity index (χ0) is 15.6. The van der Waals surface area contributed by atoms with E-state index in [2.05, 4.69) is 0 Å². The lowest BCUT2D eigenvalue weighted by Gasteiger charge is -2.15. The third-order valence-electron chi connectivity index (χ3n) is 2.83. The van der Waals surface area contributed by atoms with Gasteiger partial charge in [-0.1, -0.05) is 12.1 Å². The highest BCUT2D eigenvalue weighted by atomic mass is 31.2. The van der Waals surface area contributed by atoms with Gasteiger partial charge in [-0.15, -0.1) is 0 Å². The molecule has 0 amide bonds. The van der Waals surface area contributed by atoms with Crippen molar-refractivity contribution in [1.82, 2.24) is 0 Å². The highest BCUT2D eigenvalue weighted by Crippen LogP contribution is 2.45. The molecule has 0 spiro atoms. The smallest absolute Gasteiger partial charge is 0.395 e. The van der Waals surface area contributed by atoms with E-state index in [1.165, 1.54) is 0 Å². The van der Waals surface area contributed by atoms with Gasteiger partial charge in [-0.2, -0.15) is 0 Å². The summed E-state index contributed by atoms with van der Waals surface area (Å²) >= 11 is 0. The van der Waals surface area contributed by atoms with Gasteiger partial charge < -0.3 is 9.05 Å². The summed E-state index contributed by atoms with van der Waals surface area (Å²) in [5, 5.41) is 0. The van der Waals surface area contributed by atoms with Gasteiger partial charge in [0.15, 0.2) is 0 Å². The van der Waals surface area contributed by atoms with Gasteiger partial charge in [0, 0.05) is 0 Å².